The largest absolute Gasteiger partial charge is 0.494 e. The number of unbranched alkanes of at least 4 members (excludes halogenated alkanes) is 1. The number of amides is 1. The Balaban J connectivity index is 1.29. The number of benzene rings is 3. The molecule has 164 valence electrons. The van der Waals surface area contributed by atoms with Gasteiger partial charge in [-0.2, -0.15) is 0 Å². The number of carbonyl (C=O) groups is 1. The van der Waals surface area contributed by atoms with Gasteiger partial charge < -0.3 is 14.6 Å². The van der Waals surface area contributed by atoms with Crippen molar-refractivity contribution in [3.63, 3.8) is 0 Å². The van der Waals surface area contributed by atoms with Crippen LogP contribution in [0.3, 0.4) is 0 Å². The normalized spacial score (nSPS) is 10.9. The van der Waals surface area contributed by atoms with Gasteiger partial charge in [-0.1, -0.05) is 48.5 Å². The summed E-state index contributed by atoms with van der Waals surface area (Å²) >= 11 is 0. The summed E-state index contributed by atoms with van der Waals surface area (Å²) in [4.78, 5) is 17.1. The van der Waals surface area contributed by atoms with Crippen LogP contribution in [-0.4, -0.2) is 28.6 Å². The van der Waals surface area contributed by atoms with E-state index in [0.717, 1.165) is 49.3 Å². The molecule has 4 aromatic rings. The monoisotopic (exact) mass is 427 g/mol. The van der Waals surface area contributed by atoms with Gasteiger partial charge in [-0.3, -0.25) is 4.79 Å². The van der Waals surface area contributed by atoms with E-state index in [1.165, 1.54) is 5.52 Å². The average Bonchev–Trinajstić information content (AvgIpc) is 3.20. The maximum atomic E-state index is 12.2. The second-order valence-electron chi connectivity index (χ2n) is 7.76. The number of nitrogens with zero attached hydrogens (tertiary/aromatic N) is 2. The number of rotatable bonds is 11. The van der Waals surface area contributed by atoms with E-state index in [9.17, 15) is 4.79 Å². The zero-order chi connectivity index (χ0) is 22.0. The van der Waals surface area contributed by atoms with Crippen LogP contribution < -0.4 is 10.1 Å². The molecule has 0 aliphatic carbocycles. The van der Waals surface area contributed by atoms with Crippen molar-refractivity contribution < 1.29 is 9.53 Å². The summed E-state index contributed by atoms with van der Waals surface area (Å²) in [5.74, 6) is 1.96. The Labute approximate surface area is 189 Å². The minimum absolute atomic E-state index is 0.0301. The lowest BCUT2D eigenvalue weighted by Gasteiger charge is -2.11. The molecule has 32 heavy (non-hydrogen) atoms. The molecule has 1 aromatic heterocycles. The predicted molar refractivity (Wildman–Crippen MR) is 128 cm³/mol. The lowest BCUT2D eigenvalue weighted by atomic mass is 10.2. The second-order valence-corrected chi connectivity index (χ2v) is 7.76. The van der Waals surface area contributed by atoms with Crippen LogP contribution in [0, 0.1) is 0 Å². The lowest BCUT2D eigenvalue weighted by Crippen LogP contribution is -2.24. The van der Waals surface area contributed by atoms with Crippen molar-refractivity contribution in [1.82, 2.24) is 14.9 Å². The number of imidazole rings is 1. The highest BCUT2D eigenvalue weighted by molar-refractivity contribution is 5.94. The zero-order valence-electron chi connectivity index (χ0n) is 18.2. The number of aromatic nitrogens is 2. The third kappa shape index (κ3) is 5.76. The van der Waals surface area contributed by atoms with Gasteiger partial charge >= 0.3 is 0 Å². The van der Waals surface area contributed by atoms with Crippen LogP contribution in [0.1, 0.15) is 35.4 Å². The van der Waals surface area contributed by atoms with Gasteiger partial charge in [0.15, 0.2) is 0 Å². The Hall–Kier alpha value is -3.60. The van der Waals surface area contributed by atoms with Crippen LogP contribution in [0.4, 0.5) is 0 Å². The van der Waals surface area contributed by atoms with Crippen LogP contribution in [0.25, 0.3) is 11.0 Å². The van der Waals surface area contributed by atoms with Crippen molar-refractivity contribution in [3.05, 3.63) is 96.3 Å². The molecule has 4 rings (SSSR count). The molecule has 0 atom stereocenters. The number of ether oxygens (including phenoxy) is 1. The zero-order valence-corrected chi connectivity index (χ0v) is 18.2. The quantitative estimate of drug-likeness (QED) is 0.332. The molecule has 0 fully saturated rings. The van der Waals surface area contributed by atoms with Gasteiger partial charge in [-0.25, -0.2) is 4.98 Å². The SMILES string of the molecule is O=C(NCCCc1nc2ccccc2n1CCCCOc1ccccc1)c1ccccc1. The van der Waals surface area contributed by atoms with Gasteiger partial charge in [-0.05, 0) is 55.7 Å². The highest BCUT2D eigenvalue weighted by atomic mass is 16.5. The van der Waals surface area contributed by atoms with Crippen molar-refractivity contribution in [2.75, 3.05) is 13.2 Å². The van der Waals surface area contributed by atoms with Gasteiger partial charge in [0.1, 0.15) is 11.6 Å². The third-order valence-electron chi connectivity index (χ3n) is 5.42. The first-order chi connectivity index (χ1) is 15.8. The Morgan fingerprint density at radius 3 is 2.38 bits per heavy atom. The van der Waals surface area contributed by atoms with Crippen LogP contribution in [0.15, 0.2) is 84.9 Å². The highest BCUT2D eigenvalue weighted by Crippen LogP contribution is 2.18. The summed E-state index contributed by atoms with van der Waals surface area (Å²) in [6.07, 6.45) is 3.67. The van der Waals surface area contributed by atoms with Gasteiger partial charge in [0.05, 0.1) is 17.6 Å². The molecule has 1 amide bonds. The van der Waals surface area contributed by atoms with E-state index in [1.54, 1.807) is 0 Å². The van der Waals surface area contributed by atoms with Crippen molar-refractivity contribution in [2.45, 2.75) is 32.2 Å². The molecule has 0 saturated carbocycles. The smallest absolute Gasteiger partial charge is 0.251 e. The van der Waals surface area contributed by atoms with E-state index in [1.807, 2.05) is 66.7 Å². The van der Waals surface area contributed by atoms with Crippen LogP contribution >= 0.6 is 0 Å². The first kappa shape index (κ1) is 21.6. The number of para-hydroxylation sites is 3. The lowest BCUT2D eigenvalue weighted by molar-refractivity contribution is 0.0953. The van der Waals surface area contributed by atoms with E-state index in [4.69, 9.17) is 9.72 Å². The summed E-state index contributed by atoms with van der Waals surface area (Å²) in [5, 5.41) is 3.01. The summed E-state index contributed by atoms with van der Waals surface area (Å²) < 4.78 is 8.13. The van der Waals surface area contributed by atoms with Gasteiger partial charge in [0, 0.05) is 25.1 Å². The number of hydrogen-bond donors (Lipinski definition) is 1. The van der Waals surface area contributed by atoms with Crippen molar-refractivity contribution >= 4 is 16.9 Å². The molecular formula is C27H29N3O2. The summed E-state index contributed by atoms with van der Waals surface area (Å²) in [5.41, 5.74) is 2.88. The molecule has 0 radical (unpaired) electrons. The van der Waals surface area contributed by atoms with Crippen molar-refractivity contribution in [1.29, 1.82) is 0 Å². The Morgan fingerprint density at radius 2 is 1.56 bits per heavy atom. The number of nitrogens with one attached hydrogen (secondary N) is 1. The van der Waals surface area contributed by atoms with E-state index < -0.39 is 0 Å². The maximum absolute atomic E-state index is 12.2. The first-order valence-corrected chi connectivity index (χ1v) is 11.3. The molecule has 0 aliphatic rings. The van der Waals surface area contributed by atoms with E-state index in [-0.39, 0.29) is 5.91 Å². The molecule has 0 saturated heterocycles. The molecule has 1 heterocycles. The number of hydrogen-bond acceptors (Lipinski definition) is 3. The van der Waals surface area contributed by atoms with Gasteiger partial charge in [0.2, 0.25) is 0 Å². The number of aryl methyl sites for hydroxylation is 2. The van der Waals surface area contributed by atoms with E-state index >= 15 is 0 Å². The topological polar surface area (TPSA) is 56.2 Å². The Morgan fingerprint density at radius 1 is 0.844 bits per heavy atom. The molecule has 5 nitrogen and oxygen atoms in total. The minimum Gasteiger partial charge on any atom is -0.494 e. The van der Waals surface area contributed by atoms with Gasteiger partial charge in [-0.15, -0.1) is 0 Å². The number of carbonyl (C=O) groups excluding carboxylic acids is 1. The standard InChI is InChI=1S/C27H29N3O2/c31-27(22-12-3-1-4-13-22)28-19-11-18-26-29-24-16-7-8-17-25(24)30(26)20-9-10-21-32-23-14-5-2-6-15-23/h1-8,12-17H,9-11,18-21H2,(H,28,31). The van der Waals surface area contributed by atoms with E-state index in [2.05, 4.69) is 28.1 Å². The molecule has 0 spiro atoms. The molecular weight excluding hydrogens is 398 g/mol. The molecule has 0 unspecified atom stereocenters. The van der Waals surface area contributed by atoms with Crippen LogP contribution in [-0.2, 0) is 13.0 Å². The highest BCUT2D eigenvalue weighted by Gasteiger charge is 2.11. The fourth-order valence-electron chi connectivity index (χ4n) is 3.78. The maximum Gasteiger partial charge on any atom is 0.251 e. The van der Waals surface area contributed by atoms with Crippen molar-refractivity contribution in [2.24, 2.45) is 0 Å². The predicted octanol–water partition coefficient (Wildman–Crippen LogP) is 5.26. The van der Waals surface area contributed by atoms with Crippen LogP contribution in [0.5, 0.6) is 5.75 Å². The summed E-state index contributed by atoms with van der Waals surface area (Å²) in [6, 6.07) is 27.5. The van der Waals surface area contributed by atoms with Crippen LogP contribution in [0.2, 0.25) is 0 Å². The third-order valence-corrected chi connectivity index (χ3v) is 5.42. The fraction of sp³-hybridized carbons (Fsp3) is 0.259. The Kier molecular flexibility index (Phi) is 7.53. The fourth-order valence-corrected chi connectivity index (χ4v) is 3.78. The first-order valence-electron chi connectivity index (χ1n) is 11.3. The van der Waals surface area contributed by atoms with Gasteiger partial charge in [0.25, 0.3) is 5.91 Å². The Bertz CT molecular complexity index is 1120. The average molecular weight is 428 g/mol. The van der Waals surface area contributed by atoms with E-state index in [0.29, 0.717) is 18.7 Å². The molecule has 5 heteroatoms. The molecule has 1 N–H and O–H groups in total. The number of fused-ring (bicyclic) bond motifs is 1. The molecule has 3 aromatic carbocycles. The minimum atomic E-state index is -0.0301. The summed E-state index contributed by atoms with van der Waals surface area (Å²) in [6.45, 7) is 2.24. The summed E-state index contributed by atoms with van der Waals surface area (Å²) in [7, 11) is 0. The van der Waals surface area contributed by atoms with Crippen molar-refractivity contribution in [3.8, 4) is 5.75 Å². The second kappa shape index (κ2) is 11.1. The molecule has 0 aliphatic heterocycles. The molecule has 0 bridgehead atoms.